The number of carbonyl (C=O) groups is 4. The maximum absolute atomic E-state index is 12.7. The Morgan fingerprint density at radius 2 is 1.57 bits per heavy atom. The van der Waals surface area contributed by atoms with Gasteiger partial charge in [0.1, 0.15) is 11.3 Å². The summed E-state index contributed by atoms with van der Waals surface area (Å²) in [7, 11) is -3.95. The molecule has 37 heavy (non-hydrogen) atoms. The summed E-state index contributed by atoms with van der Waals surface area (Å²) in [6.07, 6.45) is -0.906. The molecule has 0 aromatic heterocycles. The van der Waals surface area contributed by atoms with E-state index >= 15 is 0 Å². The second-order valence-electron chi connectivity index (χ2n) is 8.54. The number of ketones is 1. The molecule has 3 aromatic rings. The van der Waals surface area contributed by atoms with Gasteiger partial charge in [-0.3, -0.25) is 19.2 Å². The molecule has 194 valence electrons. The Morgan fingerprint density at radius 3 is 2.27 bits per heavy atom. The topological polar surface area (TPSA) is 144 Å². The Morgan fingerprint density at radius 1 is 0.919 bits per heavy atom. The Bertz CT molecular complexity index is 1400. The summed E-state index contributed by atoms with van der Waals surface area (Å²) in [5, 5.41) is 11.6. The van der Waals surface area contributed by atoms with Gasteiger partial charge in [-0.2, -0.15) is 0 Å². The number of carboxylic acid groups (broad SMARTS) is 1. The van der Waals surface area contributed by atoms with Crippen molar-refractivity contribution >= 4 is 44.2 Å². The molecule has 2 unspecified atom stereocenters. The van der Waals surface area contributed by atoms with E-state index in [0.29, 0.717) is 11.1 Å². The van der Waals surface area contributed by atoms with Crippen molar-refractivity contribution in [3.63, 3.8) is 0 Å². The van der Waals surface area contributed by atoms with Crippen LogP contribution in [0.25, 0.3) is 10.8 Å². The molecule has 3 aromatic carbocycles. The monoisotopic (exact) mass is 525 g/mol. The van der Waals surface area contributed by atoms with E-state index < -0.39 is 63.5 Å². The number of sulfone groups is 1. The molecular weight excluding hydrogens is 498 g/mol. The number of carbonyl (C=O) groups excluding carboxylic acids is 3. The average molecular weight is 526 g/mol. The van der Waals surface area contributed by atoms with Gasteiger partial charge in [-0.1, -0.05) is 72.8 Å². The van der Waals surface area contributed by atoms with Gasteiger partial charge in [0.25, 0.3) is 0 Å². The molecule has 1 amide bonds. The normalized spacial score (nSPS) is 12.9. The highest BCUT2D eigenvalue weighted by Gasteiger charge is 2.32. The maximum Gasteiger partial charge on any atom is 0.310 e. The van der Waals surface area contributed by atoms with Crippen molar-refractivity contribution < 1.29 is 37.4 Å². The Labute approximate surface area is 214 Å². The van der Waals surface area contributed by atoms with Crippen molar-refractivity contribution in [1.82, 2.24) is 5.32 Å². The minimum Gasteiger partial charge on any atom is -0.481 e. The number of ether oxygens (including phenoxy) is 1. The van der Waals surface area contributed by atoms with Crippen LogP contribution in [-0.2, 0) is 45.9 Å². The highest BCUT2D eigenvalue weighted by molar-refractivity contribution is 7.92. The third-order valence-electron chi connectivity index (χ3n) is 5.79. The van der Waals surface area contributed by atoms with E-state index in [0.717, 1.165) is 10.8 Å². The lowest BCUT2D eigenvalue weighted by Crippen LogP contribution is -2.49. The fourth-order valence-electron chi connectivity index (χ4n) is 3.71. The van der Waals surface area contributed by atoms with Gasteiger partial charge in [-0.25, -0.2) is 8.42 Å². The van der Waals surface area contributed by atoms with E-state index in [-0.39, 0.29) is 6.42 Å². The first kappa shape index (κ1) is 27.5. The molecule has 0 heterocycles. The van der Waals surface area contributed by atoms with Gasteiger partial charge in [-0.15, -0.1) is 0 Å². The molecule has 0 saturated heterocycles. The predicted octanol–water partition coefficient (Wildman–Crippen LogP) is 2.46. The fourth-order valence-corrected chi connectivity index (χ4v) is 5.01. The van der Waals surface area contributed by atoms with Gasteiger partial charge in [0.2, 0.25) is 5.91 Å². The number of nitrogens with one attached hydrogen (secondary N) is 1. The van der Waals surface area contributed by atoms with Gasteiger partial charge in [0.15, 0.2) is 22.2 Å². The highest BCUT2D eigenvalue weighted by atomic mass is 32.2. The summed E-state index contributed by atoms with van der Waals surface area (Å²) in [5.74, 6) is -4.37. The molecule has 0 bridgehead atoms. The average Bonchev–Trinajstić information content (AvgIpc) is 2.86. The summed E-state index contributed by atoms with van der Waals surface area (Å²) in [6, 6.07) is 19.6. The van der Waals surface area contributed by atoms with Crippen molar-refractivity contribution in [2.75, 3.05) is 6.61 Å². The van der Waals surface area contributed by atoms with Crippen LogP contribution in [0.5, 0.6) is 0 Å². The zero-order valence-electron chi connectivity index (χ0n) is 20.1. The van der Waals surface area contributed by atoms with Crippen LogP contribution in [0.15, 0.2) is 72.8 Å². The van der Waals surface area contributed by atoms with Crippen LogP contribution in [0.4, 0.5) is 0 Å². The lowest BCUT2D eigenvalue weighted by molar-refractivity contribution is -0.148. The van der Waals surface area contributed by atoms with E-state index in [9.17, 15) is 32.7 Å². The molecule has 0 aliphatic carbocycles. The highest BCUT2D eigenvalue weighted by Crippen LogP contribution is 2.19. The van der Waals surface area contributed by atoms with Crippen LogP contribution in [0.3, 0.4) is 0 Å². The molecular formula is C27H27NO8S. The fraction of sp³-hybridized carbons (Fsp3) is 0.259. The number of aliphatic carboxylic acids is 1. The second-order valence-corrected chi connectivity index (χ2v) is 10.9. The van der Waals surface area contributed by atoms with Crippen molar-refractivity contribution in [3.05, 3.63) is 83.9 Å². The summed E-state index contributed by atoms with van der Waals surface area (Å²) in [5.41, 5.74) is 1.18. The zero-order chi connectivity index (χ0) is 27.0. The third kappa shape index (κ3) is 7.71. The van der Waals surface area contributed by atoms with E-state index in [1.807, 2.05) is 30.3 Å². The number of benzene rings is 3. The van der Waals surface area contributed by atoms with E-state index in [4.69, 9.17) is 4.74 Å². The number of hydrogen-bond acceptors (Lipinski definition) is 7. The number of Topliss-reactive ketones (excluding diaryl/α,β-unsaturated/α-hetero) is 1. The second kappa shape index (κ2) is 12.3. The Kier molecular flexibility index (Phi) is 9.13. The molecule has 2 N–H and O–H groups in total. The molecule has 9 nitrogen and oxygen atoms in total. The van der Waals surface area contributed by atoms with Crippen LogP contribution in [0.2, 0.25) is 0 Å². The number of hydrogen-bond donors (Lipinski definition) is 2. The minimum absolute atomic E-state index is 0.112. The van der Waals surface area contributed by atoms with Gasteiger partial charge in [0.05, 0.1) is 18.6 Å². The van der Waals surface area contributed by atoms with E-state index in [2.05, 4.69) is 5.32 Å². The number of rotatable bonds is 12. The molecule has 0 spiro atoms. The van der Waals surface area contributed by atoms with Crippen LogP contribution in [0.1, 0.15) is 24.5 Å². The van der Waals surface area contributed by atoms with Gasteiger partial charge >= 0.3 is 11.9 Å². The standard InChI is InChI=1S/C27H27NO8S/c1-18(37(34,35)17-19-8-3-2-4-9-19)27(33)28-23(15-25(30)31)24(29)16-36-26(32)14-21-12-7-11-20-10-5-6-13-22(20)21/h2-13,18,23H,14-17H2,1H3,(H,28,33)(H,30,31). The van der Waals surface area contributed by atoms with Gasteiger partial charge in [0, 0.05) is 0 Å². The summed E-state index contributed by atoms with van der Waals surface area (Å²) < 4.78 is 30.4. The minimum atomic E-state index is -3.95. The summed E-state index contributed by atoms with van der Waals surface area (Å²) in [4.78, 5) is 48.9. The first-order valence-corrected chi connectivity index (χ1v) is 13.2. The quantitative estimate of drug-likeness (QED) is 0.343. The van der Waals surface area contributed by atoms with Crippen molar-refractivity contribution in [2.45, 2.75) is 36.8 Å². The van der Waals surface area contributed by atoms with Crippen LogP contribution in [-0.4, -0.2) is 55.1 Å². The summed E-state index contributed by atoms with van der Waals surface area (Å²) in [6.45, 7) is 0.396. The van der Waals surface area contributed by atoms with Gasteiger partial charge < -0.3 is 15.2 Å². The van der Waals surface area contributed by atoms with Crippen LogP contribution < -0.4 is 5.32 Å². The molecule has 3 rings (SSSR count). The number of esters is 1. The SMILES string of the molecule is CC(C(=O)NC(CC(=O)O)C(=O)COC(=O)Cc1cccc2ccccc12)S(=O)(=O)Cc1ccccc1. The lowest BCUT2D eigenvalue weighted by atomic mass is 10.0. The molecule has 0 radical (unpaired) electrons. The first-order chi connectivity index (χ1) is 17.6. The smallest absolute Gasteiger partial charge is 0.310 e. The van der Waals surface area contributed by atoms with Crippen LogP contribution in [0, 0.1) is 0 Å². The number of fused-ring (bicyclic) bond motifs is 1. The molecule has 0 saturated carbocycles. The van der Waals surface area contributed by atoms with E-state index in [1.54, 1.807) is 42.5 Å². The Balaban J connectivity index is 1.61. The molecule has 2 atom stereocenters. The molecule has 0 aliphatic heterocycles. The molecule has 0 aliphatic rings. The zero-order valence-corrected chi connectivity index (χ0v) is 20.9. The number of amides is 1. The van der Waals surface area contributed by atoms with Crippen molar-refractivity contribution in [2.24, 2.45) is 0 Å². The maximum atomic E-state index is 12.7. The summed E-state index contributed by atoms with van der Waals surface area (Å²) >= 11 is 0. The lowest BCUT2D eigenvalue weighted by Gasteiger charge is -2.19. The molecule has 10 heteroatoms. The van der Waals surface area contributed by atoms with E-state index in [1.165, 1.54) is 6.92 Å². The first-order valence-electron chi connectivity index (χ1n) is 11.5. The Hall–Kier alpha value is -4.05. The largest absolute Gasteiger partial charge is 0.481 e. The van der Waals surface area contributed by atoms with Crippen molar-refractivity contribution in [3.8, 4) is 0 Å². The molecule has 0 fully saturated rings. The third-order valence-corrected chi connectivity index (χ3v) is 7.82. The van der Waals surface area contributed by atoms with Crippen molar-refractivity contribution in [1.29, 1.82) is 0 Å². The van der Waals surface area contributed by atoms with Crippen LogP contribution >= 0.6 is 0 Å². The predicted molar refractivity (Wildman–Crippen MR) is 136 cm³/mol. The van der Waals surface area contributed by atoms with Gasteiger partial charge in [-0.05, 0) is 28.8 Å². The number of carboxylic acids is 1.